The summed E-state index contributed by atoms with van der Waals surface area (Å²) in [5.41, 5.74) is 0.328. The molecule has 0 aromatic carbocycles. The van der Waals surface area contributed by atoms with E-state index in [1.54, 1.807) is 0 Å². The van der Waals surface area contributed by atoms with Crippen molar-refractivity contribution >= 4 is 5.78 Å². The lowest BCUT2D eigenvalue weighted by molar-refractivity contribution is -0.156. The molecular formula is C10H16O. The highest BCUT2D eigenvalue weighted by Gasteiger charge is 2.56. The van der Waals surface area contributed by atoms with E-state index in [4.69, 9.17) is 0 Å². The second-order valence-corrected chi connectivity index (χ2v) is 4.86. The van der Waals surface area contributed by atoms with E-state index in [-0.39, 0.29) is 0 Å². The number of hydrogen-bond acceptors (Lipinski definition) is 1. The van der Waals surface area contributed by atoms with Crippen LogP contribution in [-0.2, 0) is 4.79 Å². The van der Waals surface area contributed by atoms with Crippen molar-refractivity contribution in [3.8, 4) is 0 Å². The number of ketones is 1. The molecule has 0 aliphatic heterocycles. The highest BCUT2D eigenvalue weighted by atomic mass is 16.1. The maximum absolute atomic E-state index is 11.5. The second kappa shape index (κ2) is 1.88. The van der Waals surface area contributed by atoms with Crippen molar-refractivity contribution < 1.29 is 4.79 Å². The number of carbonyl (C=O) groups is 1. The van der Waals surface area contributed by atoms with Crippen LogP contribution in [0.4, 0.5) is 0 Å². The summed E-state index contributed by atoms with van der Waals surface area (Å²) in [7, 11) is 0. The molecule has 3 aliphatic carbocycles. The minimum atomic E-state index is 0.328. The van der Waals surface area contributed by atoms with E-state index in [1.165, 1.54) is 6.42 Å². The molecule has 3 aliphatic rings. The van der Waals surface area contributed by atoms with Crippen molar-refractivity contribution in [2.24, 2.45) is 23.2 Å². The molecule has 3 rings (SSSR count). The van der Waals surface area contributed by atoms with Crippen LogP contribution in [-0.4, -0.2) is 5.78 Å². The molecule has 11 heavy (non-hydrogen) atoms. The largest absolute Gasteiger partial charge is 0.299 e. The van der Waals surface area contributed by atoms with Crippen molar-refractivity contribution in [3.05, 3.63) is 0 Å². The summed E-state index contributed by atoms with van der Waals surface area (Å²) in [6.07, 6.45) is 2.02. The normalized spacial score (nSPS) is 46.8. The van der Waals surface area contributed by atoms with E-state index in [2.05, 4.69) is 20.8 Å². The molecule has 3 fully saturated rings. The lowest BCUT2D eigenvalue weighted by Gasteiger charge is -2.58. The quantitative estimate of drug-likeness (QED) is 0.520. The van der Waals surface area contributed by atoms with Crippen molar-refractivity contribution in [2.45, 2.75) is 33.6 Å². The Bertz CT molecular complexity index is 205. The van der Waals surface area contributed by atoms with Gasteiger partial charge in [-0.2, -0.15) is 0 Å². The van der Waals surface area contributed by atoms with Crippen LogP contribution in [0.3, 0.4) is 0 Å². The van der Waals surface area contributed by atoms with E-state index in [0.29, 0.717) is 23.0 Å². The van der Waals surface area contributed by atoms with Gasteiger partial charge in [0, 0.05) is 12.3 Å². The van der Waals surface area contributed by atoms with Gasteiger partial charge in [0.05, 0.1) is 0 Å². The molecule has 0 unspecified atom stereocenters. The molecule has 2 bridgehead atoms. The highest BCUT2D eigenvalue weighted by molar-refractivity contribution is 5.84. The van der Waals surface area contributed by atoms with Gasteiger partial charge in [0.1, 0.15) is 5.78 Å². The molecule has 0 heterocycles. The third kappa shape index (κ3) is 0.743. The van der Waals surface area contributed by atoms with Gasteiger partial charge in [0.2, 0.25) is 0 Å². The maximum atomic E-state index is 11.5. The standard InChI is InChI=1S/C10H16O/c1-6-4-9(11)8-5-7(6)10(8,2)3/h6-8H,4-5H2,1-3H3/t6-,7-,8-/m0/s1. The van der Waals surface area contributed by atoms with Crippen LogP contribution in [0.1, 0.15) is 33.6 Å². The van der Waals surface area contributed by atoms with E-state index in [0.717, 1.165) is 12.3 Å². The van der Waals surface area contributed by atoms with Crippen molar-refractivity contribution in [1.82, 2.24) is 0 Å². The second-order valence-electron chi connectivity index (χ2n) is 4.86. The first-order valence-electron chi connectivity index (χ1n) is 4.56. The molecule has 0 radical (unpaired) electrons. The van der Waals surface area contributed by atoms with Gasteiger partial charge in [-0.1, -0.05) is 20.8 Å². The molecule has 0 aromatic heterocycles. The van der Waals surface area contributed by atoms with E-state index in [9.17, 15) is 4.79 Å². The Morgan fingerprint density at radius 3 is 2.45 bits per heavy atom. The maximum Gasteiger partial charge on any atom is 0.136 e. The Kier molecular flexibility index (Phi) is 1.25. The topological polar surface area (TPSA) is 17.1 Å². The number of Topliss-reactive ketones (excluding diaryl/α,β-unsaturated/α-hetero) is 1. The summed E-state index contributed by atoms with van der Waals surface area (Å²) in [5, 5.41) is 0. The zero-order chi connectivity index (χ0) is 8.22. The predicted octanol–water partition coefficient (Wildman–Crippen LogP) is 2.26. The first kappa shape index (κ1) is 7.33. The van der Waals surface area contributed by atoms with Gasteiger partial charge >= 0.3 is 0 Å². The summed E-state index contributed by atoms with van der Waals surface area (Å²) in [6.45, 7) is 6.72. The lowest BCUT2D eigenvalue weighted by Crippen LogP contribution is -2.56. The van der Waals surface area contributed by atoms with Crippen LogP contribution in [0.25, 0.3) is 0 Å². The van der Waals surface area contributed by atoms with E-state index in [1.807, 2.05) is 0 Å². The molecule has 0 spiro atoms. The number of fused-ring (bicyclic) bond motifs is 2. The lowest BCUT2D eigenvalue weighted by atomic mass is 9.45. The number of rotatable bonds is 0. The fourth-order valence-corrected chi connectivity index (χ4v) is 3.07. The first-order valence-corrected chi connectivity index (χ1v) is 4.56. The first-order chi connectivity index (χ1) is 5.03. The zero-order valence-electron chi connectivity index (χ0n) is 7.55. The Labute approximate surface area is 68.2 Å². The Morgan fingerprint density at radius 1 is 1.45 bits per heavy atom. The molecule has 1 nitrogen and oxygen atoms in total. The van der Waals surface area contributed by atoms with Crippen LogP contribution < -0.4 is 0 Å². The van der Waals surface area contributed by atoms with Crippen LogP contribution in [0, 0.1) is 23.2 Å². The van der Waals surface area contributed by atoms with Crippen LogP contribution in [0.5, 0.6) is 0 Å². The fourth-order valence-electron chi connectivity index (χ4n) is 3.07. The van der Waals surface area contributed by atoms with Crippen LogP contribution in [0.15, 0.2) is 0 Å². The molecule has 0 N–H and O–H groups in total. The summed E-state index contributed by atoms with van der Waals surface area (Å²) in [6, 6.07) is 0. The van der Waals surface area contributed by atoms with Gasteiger partial charge in [0.25, 0.3) is 0 Å². The highest BCUT2D eigenvalue weighted by Crippen LogP contribution is 2.59. The van der Waals surface area contributed by atoms with E-state index < -0.39 is 0 Å². The van der Waals surface area contributed by atoms with Crippen molar-refractivity contribution in [1.29, 1.82) is 0 Å². The Morgan fingerprint density at radius 2 is 2.09 bits per heavy atom. The smallest absolute Gasteiger partial charge is 0.136 e. The summed E-state index contributed by atoms with van der Waals surface area (Å²) in [5.74, 6) is 2.39. The number of carbonyl (C=O) groups excluding carboxylic acids is 1. The van der Waals surface area contributed by atoms with Gasteiger partial charge in [-0.3, -0.25) is 4.79 Å². The van der Waals surface area contributed by atoms with Gasteiger partial charge < -0.3 is 0 Å². The van der Waals surface area contributed by atoms with Crippen molar-refractivity contribution in [2.75, 3.05) is 0 Å². The average molecular weight is 152 g/mol. The fraction of sp³-hybridized carbons (Fsp3) is 0.900. The van der Waals surface area contributed by atoms with Crippen LogP contribution in [0.2, 0.25) is 0 Å². The monoisotopic (exact) mass is 152 g/mol. The molecule has 0 aromatic rings. The van der Waals surface area contributed by atoms with Gasteiger partial charge in [-0.25, -0.2) is 0 Å². The minimum absolute atomic E-state index is 0.328. The third-order valence-corrected chi connectivity index (χ3v) is 3.94. The SMILES string of the molecule is C[C@H]1CC(=O)[C@@H]2C[C@@H]1C2(C)C. The van der Waals surface area contributed by atoms with E-state index >= 15 is 0 Å². The van der Waals surface area contributed by atoms with Gasteiger partial charge in [-0.05, 0) is 23.7 Å². The minimum Gasteiger partial charge on any atom is -0.299 e. The summed E-state index contributed by atoms with van der Waals surface area (Å²) >= 11 is 0. The van der Waals surface area contributed by atoms with Gasteiger partial charge in [0.15, 0.2) is 0 Å². The van der Waals surface area contributed by atoms with Crippen molar-refractivity contribution in [3.63, 3.8) is 0 Å². The number of hydrogen-bond donors (Lipinski definition) is 0. The molecule has 1 heteroatoms. The molecular weight excluding hydrogens is 136 g/mol. The molecule has 3 atom stereocenters. The van der Waals surface area contributed by atoms with Crippen LogP contribution >= 0.6 is 0 Å². The Hall–Kier alpha value is -0.330. The zero-order valence-corrected chi connectivity index (χ0v) is 7.55. The van der Waals surface area contributed by atoms with Gasteiger partial charge in [-0.15, -0.1) is 0 Å². The molecule has 62 valence electrons. The molecule has 0 amide bonds. The Balaban J connectivity index is 2.26. The predicted molar refractivity (Wildman–Crippen MR) is 44.2 cm³/mol. The molecule has 3 saturated carbocycles. The summed E-state index contributed by atoms with van der Waals surface area (Å²) < 4.78 is 0. The average Bonchev–Trinajstić information content (AvgIpc) is 1.84. The molecule has 0 saturated heterocycles. The summed E-state index contributed by atoms with van der Waals surface area (Å²) in [4.78, 5) is 11.5. The third-order valence-electron chi connectivity index (χ3n) is 3.94.